The maximum absolute atomic E-state index is 10.9. The van der Waals surface area contributed by atoms with Gasteiger partial charge in [-0.2, -0.15) is 0 Å². The topological polar surface area (TPSA) is 52.9 Å². The number of nitrogens with zero attached hydrogens (tertiary/aromatic N) is 2. The quantitative estimate of drug-likeness (QED) is 0.741. The number of carbonyl (C=O) groups is 1. The van der Waals surface area contributed by atoms with E-state index < -0.39 is 5.97 Å². The lowest BCUT2D eigenvalue weighted by molar-refractivity contribution is -0.132. The van der Waals surface area contributed by atoms with Crippen molar-refractivity contribution in [3.63, 3.8) is 0 Å². The maximum atomic E-state index is 10.9. The van der Waals surface area contributed by atoms with E-state index in [-0.39, 0.29) is 5.70 Å². The molecule has 0 aliphatic carbocycles. The molecule has 0 atom stereocenters. The largest absolute Gasteiger partial charge is 0.477 e. The Labute approximate surface area is 95.3 Å². The van der Waals surface area contributed by atoms with Crippen LogP contribution in [0.25, 0.3) is 0 Å². The number of allylic oxidation sites excluding steroid dienone is 3. The van der Waals surface area contributed by atoms with Crippen LogP contribution in [-0.2, 0) is 4.79 Å². The molecular weight excluding hydrogens is 204 g/mol. The van der Waals surface area contributed by atoms with Crippen LogP contribution >= 0.6 is 0 Å². The Balaban J connectivity index is 3.04. The molecule has 1 rings (SSSR count). The Morgan fingerprint density at radius 3 is 2.69 bits per heavy atom. The van der Waals surface area contributed by atoms with E-state index in [0.29, 0.717) is 12.4 Å². The van der Waals surface area contributed by atoms with E-state index in [1.807, 2.05) is 17.9 Å². The number of hydrogen-bond acceptors (Lipinski definition) is 3. The molecule has 0 aromatic heterocycles. The van der Waals surface area contributed by atoms with Gasteiger partial charge in [-0.1, -0.05) is 12.7 Å². The molecule has 86 valence electrons. The predicted octanol–water partition coefficient (Wildman–Crippen LogP) is 2.17. The molecule has 4 nitrogen and oxygen atoms in total. The van der Waals surface area contributed by atoms with Crippen LogP contribution in [0.2, 0.25) is 0 Å². The molecule has 1 aliphatic heterocycles. The van der Waals surface area contributed by atoms with Crippen molar-refractivity contribution in [2.45, 2.75) is 20.8 Å². The summed E-state index contributed by atoms with van der Waals surface area (Å²) in [7, 11) is 0. The summed E-state index contributed by atoms with van der Waals surface area (Å²) in [6.07, 6.45) is 3.58. The molecule has 4 heteroatoms. The molecule has 0 radical (unpaired) electrons. The Bertz CT molecular complexity index is 417. The molecule has 16 heavy (non-hydrogen) atoms. The predicted molar refractivity (Wildman–Crippen MR) is 64.1 cm³/mol. The molecule has 0 spiro atoms. The van der Waals surface area contributed by atoms with Crippen LogP contribution < -0.4 is 0 Å². The normalized spacial score (nSPS) is 17.3. The third kappa shape index (κ3) is 2.39. The number of rotatable bonds is 3. The lowest BCUT2D eigenvalue weighted by atomic mass is 10.1. The average Bonchev–Trinajstić information content (AvgIpc) is 2.20. The summed E-state index contributed by atoms with van der Waals surface area (Å²) in [5.74, 6) is -0.277. The number of aliphatic carboxylic acids is 1. The van der Waals surface area contributed by atoms with Gasteiger partial charge in [0.2, 0.25) is 0 Å². The molecule has 0 saturated carbocycles. The van der Waals surface area contributed by atoms with Crippen LogP contribution in [0.15, 0.2) is 40.7 Å². The molecule has 0 unspecified atom stereocenters. The van der Waals surface area contributed by atoms with Crippen molar-refractivity contribution in [1.29, 1.82) is 0 Å². The zero-order chi connectivity index (χ0) is 12.3. The van der Waals surface area contributed by atoms with Crippen molar-refractivity contribution in [1.82, 2.24) is 4.90 Å². The highest BCUT2D eigenvalue weighted by Gasteiger charge is 2.21. The third-order valence-corrected chi connectivity index (χ3v) is 2.45. The van der Waals surface area contributed by atoms with Gasteiger partial charge in [0.05, 0.1) is 0 Å². The molecule has 0 aromatic carbocycles. The second kappa shape index (κ2) is 4.79. The fourth-order valence-electron chi connectivity index (χ4n) is 1.61. The fourth-order valence-corrected chi connectivity index (χ4v) is 1.61. The first-order chi connectivity index (χ1) is 7.47. The molecule has 0 amide bonds. The summed E-state index contributed by atoms with van der Waals surface area (Å²) in [5, 5.41) is 8.94. The van der Waals surface area contributed by atoms with E-state index in [1.54, 1.807) is 19.9 Å². The van der Waals surface area contributed by atoms with Crippen LogP contribution in [0.5, 0.6) is 0 Å². The minimum atomic E-state index is -0.971. The van der Waals surface area contributed by atoms with Gasteiger partial charge >= 0.3 is 5.97 Å². The van der Waals surface area contributed by atoms with E-state index in [4.69, 9.17) is 5.11 Å². The summed E-state index contributed by atoms with van der Waals surface area (Å²) in [6, 6.07) is 0. The fraction of sp³-hybridized carbons (Fsp3) is 0.333. The van der Waals surface area contributed by atoms with Crippen molar-refractivity contribution in [2.75, 3.05) is 6.54 Å². The van der Waals surface area contributed by atoms with Crippen LogP contribution in [-0.4, -0.2) is 28.4 Å². The molecule has 1 heterocycles. The van der Waals surface area contributed by atoms with E-state index in [1.165, 1.54) is 0 Å². The highest BCUT2D eigenvalue weighted by atomic mass is 16.4. The van der Waals surface area contributed by atoms with E-state index in [0.717, 1.165) is 11.3 Å². The summed E-state index contributed by atoms with van der Waals surface area (Å²) in [5.41, 5.74) is 1.91. The van der Waals surface area contributed by atoms with Gasteiger partial charge in [0.15, 0.2) is 5.70 Å². The Morgan fingerprint density at radius 1 is 1.56 bits per heavy atom. The van der Waals surface area contributed by atoms with Gasteiger partial charge in [-0.05, 0) is 32.4 Å². The van der Waals surface area contributed by atoms with Crippen molar-refractivity contribution in [3.8, 4) is 0 Å². The molecule has 0 aromatic rings. The first-order valence-corrected chi connectivity index (χ1v) is 5.02. The molecule has 0 bridgehead atoms. The van der Waals surface area contributed by atoms with E-state index in [2.05, 4.69) is 11.6 Å². The lowest BCUT2D eigenvalue weighted by Crippen LogP contribution is -2.33. The third-order valence-electron chi connectivity index (χ3n) is 2.45. The van der Waals surface area contributed by atoms with Gasteiger partial charge in [-0.3, -0.25) is 0 Å². The van der Waals surface area contributed by atoms with Gasteiger partial charge in [0, 0.05) is 12.2 Å². The second-order valence-corrected chi connectivity index (χ2v) is 3.72. The van der Waals surface area contributed by atoms with Crippen molar-refractivity contribution in [3.05, 3.63) is 35.7 Å². The van der Waals surface area contributed by atoms with Crippen molar-refractivity contribution in [2.24, 2.45) is 4.99 Å². The SMILES string of the molecule is C=C/C=C(\C)N1CC(C)=C(C(=O)O)N=C1C. The van der Waals surface area contributed by atoms with Crippen molar-refractivity contribution < 1.29 is 9.90 Å². The van der Waals surface area contributed by atoms with Gasteiger partial charge in [-0.15, -0.1) is 0 Å². The standard InChI is InChI=1S/C12H16N2O2/c1-5-6-9(3)14-7-8(2)11(12(15)16)13-10(14)4/h5-6H,1,7H2,2-4H3,(H,15,16)/b9-6+. The van der Waals surface area contributed by atoms with Crippen LogP contribution in [0.3, 0.4) is 0 Å². The van der Waals surface area contributed by atoms with Gasteiger partial charge < -0.3 is 10.0 Å². The zero-order valence-corrected chi connectivity index (χ0v) is 9.82. The minimum absolute atomic E-state index is 0.153. The van der Waals surface area contributed by atoms with E-state index >= 15 is 0 Å². The molecular formula is C12H16N2O2. The maximum Gasteiger partial charge on any atom is 0.354 e. The van der Waals surface area contributed by atoms with Gasteiger partial charge in [-0.25, -0.2) is 9.79 Å². The first-order valence-electron chi connectivity index (χ1n) is 5.02. The van der Waals surface area contributed by atoms with Crippen molar-refractivity contribution >= 4 is 11.8 Å². The van der Waals surface area contributed by atoms with Crippen LogP contribution in [0, 0.1) is 0 Å². The molecule has 0 saturated heterocycles. The van der Waals surface area contributed by atoms with Crippen LogP contribution in [0.4, 0.5) is 0 Å². The number of carboxylic acids is 1. The Kier molecular flexibility index (Phi) is 3.66. The first kappa shape index (κ1) is 12.2. The summed E-state index contributed by atoms with van der Waals surface area (Å²) < 4.78 is 0. The Morgan fingerprint density at radius 2 is 2.19 bits per heavy atom. The number of hydrogen-bond donors (Lipinski definition) is 1. The van der Waals surface area contributed by atoms with E-state index in [9.17, 15) is 4.79 Å². The van der Waals surface area contributed by atoms with Gasteiger partial charge in [0.25, 0.3) is 0 Å². The highest BCUT2D eigenvalue weighted by molar-refractivity contribution is 5.94. The minimum Gasteiger partial charge on any atom is -0.477 e. The van der Waals surface area contributed by atoms with Gasteiger partial charge in [0.1, 0.15) is 5.84 Å². The zero-order valence-electron chi connectivity index (χ0n) is 9.82. The monoisotopic (exact) mass is 220 g/mol. The Hall–Kier alpha value is -1.84. The summed E-state index contributed by atoms with van der Waals surface area (Å²) >= 11 is 0. The smallest absolute Gasteiger partial charge is 0.354 e. The number of aliphatic imine (C=N–C) groups is 1. The number of carboxylic acid groups (broad SMARTS) is 1. The molecule has 1 N–H and O–H groups in total. The average molecular weight is 220 g/mol. The van der Waals surface area contributed by atoms with Crippen LogP contribution in [0.1, 0.15) is 20.8 Å². The summed E-state index contributed by atoms with van der Waals surface area (Å²) in [6.45, 7) is 9.73. The highest BCUT2D eigenvalue weighted by Crippen LogP contribution is 2.19. The summed E-state index contributed by atoms with van der Waals surface area (Å²) in [4.78, 5) is 17.0. The second-order valence-electron chi connectivity index (χ2n) is 3.72. The number of amidine groups is 1. The molecule has 0 fully saturated rings. The lowest BCUT2D eigenvalue weighted by Gasteiger charge is -2.29. The molecule has 1 aliphatic rings.